The molecule has 0 aromatic heterocycles. The molecule has 0 saturated carbocycles. The third kappa shape index (κ3) is 7.95. The molecule has 1 saturated heterocycles. The van der Waals surface area contributed by atoms with E-state index < -0.39 is 42.8 Å². The topological polar surface area (TPSA) is 46.2 Å². The molecular formula is C45H44GeO5. The Balaban J connectivity index is 1.41. The fourth-order valence-electron chi connectivity index (χ4n) is 7.29. The molecule has 1 aliphatic rings. The van der Waals surface area contributed by atoms with Gasteiger partial charge in [0, 0.05) is 0 Å². The van der Waals surface area contributed by atoms with Crippen molar-refractivity contribution in [2.24, 2.45) is 0 Å². The van der Waals surface area contributed by atoms with Gasteiger partial charge in [-0.15, -0.1) is 0 Å². The summed E-state index contributed by atoms with van der Waals surface area (Å²) in [5, 5.41) is 0. The van der Waals surface area contributed by atoms with E-state index in [0.29, 0.717) is 19.8 Å². The molecule has 0 radical (unpaired) electrons. The van der Waals surface area contributed by atoms with Crippen LogP contribution in [0.15, 0.2) is 182 Å². The van der Waals surface area contributed by atoms with Crippen molar-refractivity contribution >= 4 is 26.5 Å². The van der Waals surface area contributed by atoms with Crippen molar-refractivity contribution in [3.8, 4) is 0 Å². The Labute approximate surface area is 304 Å². The van der Waals surface area contributed by atoms with Gasteiger partial charge in [-0.05, 0) is 0 Å². The monoisotopic (exact) mass is 738 g/mol. The summed E-state index contributed by atoms with van der Waals surface area (Å²) in [4.78, 5) is -0.428. The van der Waals surface area contributed by atoms with Gasteiger partial charge in [0.25, 0.3) is 0 Å². The number of methoxy groups -OCH3 is 1. The number of ether oxygens (including phenoxy) is 5. The molecule has 6 heteroatoms. The molecule has 1 heterocycles. The van der Waals surface area contributed by atoms with Crippen LogP contribution in [0.1, 0.15) is 16.7 Å². The van der Waals surface area contributed by atoms with Crippen molar-refractivity contribution in [2.45, 2.75) is 49.4 Å². The molecule has 0 unspecified atom stereocenters. The first-order valence-electron chi connectivity index (χ1n) is 17.6. The Morgan fingerprint density at radius 1 is 0.412 bits per heavy atom. The van der Waals surface area contributed by atoms with E-state index in [4.69, 9.17) is 23.7 Å². The molecule has 51 heavy (non-hydrogen) atoms. The van der Waals surface area contributed by atoms with Gasteiger partial charge in [0.2, 0.25) is 0 Å². The summed E-state index contributed by atoms with van der Waals surface area (Å²) in [6.07, 6.45) is -2.38. The van der Waals surface area contributed by atoms with E-state index in [-0.39, 0.29) is 0 Å². The van der Waals surface area contributed by atoms with Gasteiger partial charge in [-0.1, -0.05) is 0 Å². The third-order valence-electron chi connectivity index (χ3n) is 9.70. The minimum atomic E-state index is -3.91. The Morgan fingerprint density at radius 3 is 1.08 bits per heavy atom. The van der Waals surface area contributed by atoms with Gasteiger partial charge in [-0.3, -0.25) is 0 Å². The van der Waals surface area contributed by atoms with Crippen LogP contribution < -0.4 is 13.2 Å². The third-order valence-corrected chi connectivity index (χ3v) is 20.3. The molecule has 0 bridgehead atoms. The molecule has 0 spiro atoms. The molecule has 0 N–H and O–H groups in total. The molecular weight excluding hydrogens is 693 g/mol. The molecule has 6 aromatic rings. The second kappa shape index (κ2) is 17.3. The van der Waals surface area contributed by atoms with Gasteiger partial charge >= 0.3 is 305 Å². The van der Waals surface area contributed by atoms with E-state index in [2.05, 4.69) is 127 Å². The minimum absolute atomic E-state index is 0.374. The van der Waals surface area contributed by atoms with Gasteiger partial charge in [-0.2, -0.15) is 0 Å². The summed E-state index contributed by atoms with van der Waals surface area (Å²) in [5.74, 6) is 0. The van der Waals surface area contributed by atoms with Crippen LogP contribution in [0.25, 0.3) is 0 Å². The summed E-state index contributed by atoms with van der Waals surface area (Å²) in [6, 6.07) is 63.4. The zero-order chi connectivity index (χ0) is 34.7. The summed E-state index contributed by atoms with van der Waals surface area (Å²) in [7, 11) is 1.70. The Kier molecular flexibility index (Phi) is 11.9. The maximum absolute atomic E-state index is 7.38. The summed E-state index contributed by atoms with van der Waals surface area (Å²) in [6.45, 7) is 1.14. The van der Waals surface area contributed by atoms with Crippen molar-refractivity contribution in [3.05, 3.63) is 199 Å². The first-order chi connectivity index (χ1) is 25.3. The number of benzene rings is 6. The van der Waals surface area contributed by atoms with Crippen molar-refractivity contribution in [1.29, 1.82) is 0 Å². The van der Waals surface area contributed by atoms with Crippen LogP contribution in [-0.4, -0.2) is 49.9 Å². The molecule has 7 rings (SSSR count). The molecule has 1 fully saturated rings. The second-order valence-corrected chi connectivity index (χ2v) is 21.1. The summed E-state index contributed by atoms with van der Waals surface area (Å²) >= 11 is -3.91. The Bertz CT molecular complexity index is 1780. The van der Waals surface area contributed by atoms with Crippen molar-refractivity contribution in [2.75, 3.05) is 7.11 Å². The van der Waals surface area contributed by atoms with Gasteiger partial charge in [0.1, 0.15) is 0 Å². The normalized spacial score (nSPS) is 20.5. The summed E-state index contributed by atoms with van der Waals surface area (Å²) in [5.41, 5.74) is 3.20. The van der Waals surface area contributed by atoms with E-state index >= 15 is 0 Å². The fraction of sp³-hybridized carbons (Fsp3) is 0.200. The van der Waals surface area contributed by atoms with Crippen molar-refractivity contribution in [3.63, 3.8) is 0 Å². The van der Waals surface area contributed by atoms with Gasteiger partial charge in [0.15, 0.2) is 0 Å². The SMILES string of the molecule is CO[C@@H]1O[C@@H]([Ge]([c]2ccccc2)([c]2ccccc2)[c]2ccccc2)[C@H](OCc2ccccc2)[C@H](OCc2ccccc2)[C@H]1OCc1ccccc1. The average Bonchev–Trinajstić information content (AvgIpc) is 3.21. The van der Waals surface area contributed by atoms with Gasteiger partial charge < -0.3 is 0 Å². The molecule has 6 aromatic carbocycles. The summed E-state index contributed by atoms with van der Waals surface area (Å²) < 4.78 is 38.5. The van der Waals surface area contributed by atoms with Crippen LogP contribution in [0.2, 0.25) is 0 Å². The maximum atomic E-state index is 7.38. The van der Waals surface area contributed by atoms with E-state index in [9.17, 15) is 0 Å². The molecule has 258 valence electrons. The standard InChI is InChI=1S/C45H44GeO5/c1-47-45-43(50-34-37-24-12-4-13-25-37)41(48-32-35-20-8-2-9-21-35)42(49-33-36-22-10-3-11-23-36)44(51-45)46(38-26-14-5-15-27-38,39-28-16-6-17-29-39)40-30-18-7-19-31-40/h2-31,41-45H,32-34H2,1H3/t41-,42+,43+,44+,45+/m0/s1. The fourth-order valence-corrected chi connectivity index (χ4v) is 18.3. The van der Waals surface area contributed by atoms with Crippen LogP contribution in [0, 0.1) is 0 Å². The Morgan fingerprint density at radius 2 is 0.725 bits per heavy atom. The van der Waals surface area contributed by atoms with Crippen molar-refractivity contribution in [1.82, 2.24) is 0 Å². The van der Waals surface area contributed by atoms with Crippen molar-refractivity contribution < 1.29 is 23.7 Å². The molecule has 0 amide bonds. The average molecular weight is 737 g/mol. The molecule has 1 aliphatic heterocycles. The number of rotatable bonds is 14. The number of hydrogen-bond donors (Lipinski definition) is 0. The second-order valence-electron chi connectivity index (χ2n) is 12.9. The first-order valence-corrected chi connectivity index (χ1v) is 21.9. The van der Waals surface area contributed by atoms with Crippen LogP contribution in [0.4, 0.5) is 0 Å². The van der Waals surface area contributed by atoms with Crippen LogP contribution in [-0.2, 0) is 43.5 Å². The van der Waals surface area contributed by atoms with E-state index in [1.807, 2.05) is 54.6 Å². The van der Waals surface area contributed by atoms with Crippen LogP contribution in [0.5, 0.6) is 0 Å². The molecule has 5 nitrogen and oxygen atoms in total. The van der Waals surface area contributed by atoms with Gasteiger partial charge in [0.05, 0.1) is 0 Å². The van der Waals surface area contributed by atoms with Gasteiger partial charge in [-0.25, -0.2) is 0 Å². The molecule has 5 atom stereocenters. The zero-order valence-electron chi connectivity index (χ0n) is 28.9. The number of hydrogen-bond acceptors (Lipinski definition) is 5. The predicted octanol–water partition coefficient (Wildman–Crippen LogP) is 6.82. The van der Waals surface area contributed by atoms with E-state index in [1.54, 1.807) is 7.11 Å². The van der Waals surface area contributed by atoms with Crippen LogP contribution in [0.3, 0.4) is 0 Å². The van der Waals surface area contributed by atoms with E-state index in [0.717, 1.165) is 16.7 Å². The predicted molar refractivity (Wildman–Crippen MR) is 205 cm³/mol. The quantitative estimate of drug-likeness (QED) is 0.115. The zero-order valence-corrected chi connectivity index (χ0v) is 31.0. The van der Waals surface area contributed by atoms with Crippen LogP contribution >= 0.6 is 0 Å². The van der Waals surface area contributed by atoms with E-state index in [1.165, 1.54) is 13.2 Å². The Hall–Kier alpha value is -4.34. The first kappa shape index (κ1) is 35.1. The molecule has 0 aliphatic carbocycles.